The van der Waals surface area contributed by atoms with E-state index in [-0.39, 0.29) is 12.1 Å². The van der Waals surface area contributed by atoms with Crippen molar-refractivity contribution in [3.8, 4) is 0 Å². The summed E-state index contributed by atoms with van der Waals surface area (Å²) in [6.45, 7) is 1.20. The number of aliphatic carboxylic acids is 1. The highest BCUT2D eigenvalue weighted by Gasteiger charge is 2.22. The van der Waals surface area contributed by atoms with E-state index in [1.165, 1.54) is 12.1 Å². The molecule has 1 unspecified atom stereocenters. The summed E-state index contributed by atoms with van der Waals surface area (Å²) < 4.78 is 16.8. The summed E-state index contributed by atoms with van der Waals surface area (Å²) in [5, 5.41) is 11.5. The summed E-state index contributed by atoms with van der Waals surface area (Å²) in [6.07, 6.45) is 0.487. The van der Waals surface area contributed by atoms with Gasteiger partial charge in [0.05, 0.1) is 0 Å². The molecule has 2 aromatic rings. The lowest BCUT2D eigenvalue weighted by molar-refractivity contribution is -0.129. The van der Waals surface area contributed by atoms with Crippen LogP contribution in [0, 0.1) is 6.92 Å². The molecule has 1 atom stereocenters. The summed E-state index contributed by atoms with van der Waals surface area (Å²) in [5.41, 5.74) is 1.44. The summed E-state index contributed by atoms with van der Waals surface area (Å²) >= 11 is 0. The van der Waals surface area contributed by atoms with Crippen LogP contribution >= 0.6 is 7.75 Å². The fraction of sp³-hybridized carbons (Fsp3) is 0.211. The monoisotopic (exact) mass is 404 g/mol. The molecule has 0 fully saturated rings. The van der Waals surface area contributed by atoms with Crippen LogP contribution in [0.3, 0.4) is 0 Å². The number of hydrogen-bond acceptors (Lipinski definition) is 4. The number of amides is 1. The molecule has 2 rings (SSSR count). The van der Waals surface area contributed by atoms with Crippen molar-refractivity contribution in [3.63, 3.8) is 0 Å². The summed E-state index contributed by atoms with van der Waals surface area (Å²) in [6, 6.07) is 15.7. The van der Waals surface area contributed by atoms with Gasteiger partial charge in [0.1, 0.15) is 6.61 Å². The van der Waals surface area contributed by atoms with Crippen molar-refractivity contribution in [2.75, 3.05) is 13.2 Å². The third-order valence-electron chi connectivity index (χ3n) is 3.73. The first-order chi connectivity index (χ1) is 13.3. The Morgan fingerprint density at radius 2 is 1.75 bits per heavy atom. The van der Waals surface area contributed by atoms with Crippen LogP contribution in [0.5, 0.6) is 0 Å². The average molecular weight is 404 g/mol. The minimum absolute atomic E-state index is 0.152. The fourth-order valence-electron chi connectivity index (χ4n) is 2.21. The molecule has 148 valence electrons. The zero-order valence-electron chi connectivity index (χ0n) is 15.2. The molecule has 0 radical (unpaired) electrons. The van der Waals surface area contributed by atoms with Crippen LogP contribution in [-0.2, 0) is 20.3 Å². The number of hydrogen-bond donors (Lipinski definition) is 3. The molecule has 0 aromatic heterocycles. The van der Waals surface area contributed by atoms with E-state index in [0.717, 1.165) is 11.1 Å². The first kappa shape index (κ1) is 21.7. The van der Waals surface area contributed by atoms with Crippen LogP contribution in [0.25, 0.3) is 0 Å². The zero-order chi connectivity index (χ0) is 20.6. The SMILES string of the molecule is Cc1ccc(C(=O)/N=C(/COP(=O)(O)NCCc2ccccc2)C(=O)O)cc1. The van der Waals surface area contributed by atoms with Gasteiger partial charge in [-0.3, -0.25) is 9.32 Å². The smallest absolute Gasteiger partial charge is 0.403 e. The minimum atomic E-state index is -4.25. The molecule has 0 saturated heterocycles. The minimum Gasteiger partial charge on any atom is -0.477 e. The lowest BCUT2D eigenvalue weighted by Crippen LogP contribution is -2.23. The maximum absolute atomic E-state index is 12.1. The van der Waals surface area contributed by atoms with Crippen LogP contribution in [0.4, 0.5) is 0 Å². The standard InChI is InChI=1S/C19H21N2O6P/c1-14-7-9-16(10-8-14)18(22)21-17(19(23)24)13-27-28(25,26)20-12-11-15-5-3-2-4-6-15/h2-10H,11-13H2,1H3,(H,23,24)(H2,20,25,26)/b21-17-. The Morgan fingerprint density at radius 3 is 2.36 bits per heavy atom. The molecular weight excluding hydrogens is 383 g/mol. The van der Waals surface area contributed by atoms with Gasteiger partial charge in [-0.1, -0.05) is 48.0 Å². The van der Waals surface area contributed by atoms with Crippen LogP contribution < -0.4 is 5.09 Å². The van der Waals surface area contributed by atoms with Gasteiger partial charge in [0, 0.05) is 12.1 Å². The predicted molar refractivity (Wildman–Crippen MR) is 105 cm³/mol. The molecular formula is C19H21N2O6P. The number of carboxylic acids is 1. The van der Waals surface area contributed by atoms with Crippen LogP contribution in [0.2, 0.25) is 0 Å². The van der Waals surface area contributed by atoms with Gasteiger partial charge in [0.2, 0.25) is 0 Å². The highest BCUT2D eigenvalue weighted by atomic mass is 31.2. The quantitative estimate of drug-likeness (QED) is 0.433. The van der Waals surface area contributed by atoms with E-state index in [1.807, 2.05) is 37.3 Å². The van der Waals surface area contributed by atoms with Crippen molar-refractivity contribution >= 4 is 25.3 Å². The van der Waals surface area contributed by atoms with Crippen molar-refractivity contribution in [1.82, 2.24) is 5.09 Å². The maximum atomic E-state index is 12.1. The molecule has 8 nitrogen and oxygen atoms in total. The second kappa shape index (κ2) is 10.1. The van der Waals surface area contributed by atoms with Gasteiger partial charge in [-0.15, -0.1) is 0 Å². The van der Waals surface area contributed by atoms with Gasteiger partial charge in [-0.2, -0.15) is 0 Å². The predicted octanol–water partition coefficient (Wildman–Crippen LogP) is 2.61. The topological polar surface area (TPSA) is 125 Å². The molecule has 0 aliphatic carbocycles. The number of carbonyl (C=O) groups excluding carboxylic acids is 1. The van der Waals surface area contributed by atoms with E-state index in [9.17, 15) is 24.2 Å². The molecule has 28 heavy (non-hydrogen) atoms. The van der Waals surface area contributed by atoms with E-state index in [0.29, 0.717) is 6.42 Å². The van der Waals surface area contributed by atoms with Gasteiger partial charge in [0.25, 0.3) is 5.91 Å². The zero-order valence-corrected chi connectivity index (χ0v) is 16.1. The van der Waals surface area contributed by atoms with E-state index in [4.69, 9.17) is 4.52 Å². The Kier molecular flexibility index (Phi) is 7.78. The number of aryl methyl sites for hydroxylation is 1. The number of rotatable bonds is 9. The van der Waals surface area contributed by atoms with Crippen molar-refractivity contribution in [2.24, 2.45) is 4.99 Å². The summed E-state index contributed by atoms with van der Waals surface area (Å²) in [4.78, 5) is 36.6. The molecule has 3 N–H and O–H groups in total. The maximum Gasteiger partial charge on any atom is 0.403 e. The highest BCUT2D eigenvalue weighted by Crippen LogP contribution is 2.36. The molecule has 0 aliphatic heterocycles. The second-order valence-electron chi connectivity index (χ2n) is 5.97. The molecule has 0 spiro atoms. The van der Waals surface area contributed by atoms with E-state index in [1.54, 1.807) is 12.1 Å². The number of benzene rings is 2. The van der Waals surface area contributed by atoms with Crippen molar-refractivity contribution < 1.29 is 28.7 Å². The van der Waals surface area contributed by atoms with E-state index >= 15 is 0 Å². The van der Waals surface area contributed by atoms with E-state index in [2.05, 4.69) is 10.1 Å². The normalized spacial score (nSPS) is 13.7. The molecule has 0 saturated carbocycles. The molecule has 0 heterocycles. The Labute approximate surface area is 162 Å². The van der Waals surface area contributed by atoms with Gasteiger partial charge >= 0.3 is 13.7 Å². The Hall–Kier alpha value is -2.64. The fourth-order valence-corrected chi connectivity index (χ4v) is 2.99. The highest BCUT2D eigenvalue weighted by molar-refractivity contribution is 7.50. The van der Waals surface area contributed by atoms with Gasteiger partial charge in [-0.05, 0) is 31.0 Å². The first-order valence-corrected chi connectivity index (χ1v) is 10.0. The number of aliphatic imine (C=N–C) groups is 1. The first-order valence-electron chi connectivity index (χ1n) is 8.45. The third-order valence-corrected chi connectivity index (χ3v) is 4.83. The van der Waals surface area contributed by atoms with Gasteiger partial charge < -0.3 is 10.00 Å². The van der Waals surface area contributed by atoms with Crippen molar-refractivity contribution in [3.05, 3.63) is 71.3 Å². The van der Waals surface area contributed by atoms with E-state index < -0.39 is 31.9 Å². The lowest BCUT2D eigenvalue weighted by Gasteiger charge is -2.13. The molecule has 1 amide bonds. The lowest BCUT2D eigenvalue weighted by atomic mass is 10.1. The van der Waals surface area contributed by atoms with Crippen molar-refractivity contribution in [1.29, 1.82) is 0 Å². The Morgan fingerprint density at radius 1 is 1.11 bits per heavy atom. The number of carbonyl (C=O) groups is 2. The number of nitrogens with one attached hydrogen (secondary N) is 1. The molecule has 0 aliphatic rings. The largest absolute Gasteiger partial charge is 0.477 e. The molecule has 0 bridgehead atoms. The van der Waals surface area contributed by atoms with Crippen LogP contribution in [0.15, 0.2) is 59.6 Å². The van der Waals surface area contributed by atoms with Crippen LogP contribution in [-0.4, -0.2) is 40.7 Å². The molecule has 2 aromatic carbocycles. The van der Waals surface area contributed by atoms with Crippen LogP contribution in [0.1, 0.15) is 21.5 Å². The van der Waals surface area contributed by atoms with Gasteiger partial charge in [0.15, 0.2) is 5.71 Å². The Balaban J connectivity index is 1.93. The average Bonchev–Trinajstić information content (AvgIpc) is 2.66. The van der Waals surface area contributed by atoms with Crippen molar-refractivity contribution in [2.45, 2.75) is 13.3 Å². The third kappa shape index (κ3) is 7.17. The van der Waals surface area contributed by atoms with Gasteiger partial charge in [-0.25, -0.2) is 19.4 Å². The number of carboxylic acid groups (broad SMARTS) is 1. The summed E-state index contributed by atoms with van der Waals surface area (Å²) in [5.74, 6) is -2.28. The molecule has 9 heteroatoms. The summed E-state index contributed by atoms with van der Waals surface area (Å²) in [7, 11) is -4.25. The number of nitrogens with zero attached hydrogens (tertiary/aromatic N) is 1. The Bertz CT molecular complexity index is 896. The second-order valence-corrected chi connectivity index (χ2v) is 7.59.